The molecule has 0 bridgehead atoms. The van der Waals surface area contributed by atoms with Crippen LogP contribution in [0.2, 0.25) is 0 Å². The molecular formula is C26H31FN4OS. The van der Waals surface area contributed by atoms with Gasteiger partial charge < -0.3 is 9.80 Å². The molecule has 0 N–H and O–H groups in total. The Bertz CT molecular complexity index is 1180. The molecule has 0 radical (unpaired) electrons. The van der Waals surface area contributed by atoms with Crippen LogP contribution in [0.4, 0.5) is 10.2 Å². The normalized spacial score (nSPS) is 19.6. The van der Waals surface area contributed by atoms with E-state index in [2.05, 4.69) is 25.7 Å². The smallest absolute Gasteiger partial charge is 0.256 e. The zero-order valence-corrected chi connectivity index (χ0v) is 20.4. The predicted molar refractivity (Wildman–Crippen MR) is 132 cm³/mol. The van der Waals surface area contributed by atoms with Crippen LogP contribution >= 0.6 is 11.3 Å². The number of benzene rings is 1. The van der Waals surface area contributed by atoms with Crippen molar-refractivity contribution in [2.24, 2.45) is 5.92 Å². The number of aryl methyl sites for hydroxylation is 1. The highest BCUT2D eigenvalue weighted by atomic mass is 32.1. The minimum absolute atomic E-state index is 0.149. The molecule has 5 nitrogen and oxygen atoms in total. The second kappa shape index (κ2) is 9.01. The lowest BCUT2D eigenvalue weighted by Crippen LogP contribution is -2.49. The van der Waals surface area contributed by atoms with Gasteiger partial charge in [0.1, 0.15) is 22.3 Å². The highest BCUT2D eigenvalue weighted by molar-refractivity contribution is 7.19. The van der Waals surface area contributed by atoms with Crippen molar-refractivity contribution in [2.45, 2.75) is 52.4 Å². The number of thiophene rings is 1. The Hall–Kier alpha value is -2.54. The quantitative estimate of drug-likeness (QED) is 0.514. The zero-order chi connectivity index (χ0) is 23.1. The number of piperazine rings is 1. The number of aromatic nitrogens is 2. The fraction of sp³-hybridized carbons (Fsp3) is 0.500. The third-order valence-corrected chi connectivity index (χ3v) is 8.33. The van der Waals surface area contributed by atoms with Crippen LogP contribution in [0.3, 0.4) is 0 Å². The van der Waals surface area contributed by atoms with Gasteiger partial charge in [0, 0.05) is 37.0 Å². The number of fused-ring (bicyclic) bond motifs is 3. The molecule has 5 rings (SSSR count). The van der Waals surface area contributed by atoms with Crippen molar-refractivity contribution in [3.8, 4) is 0 Å². The van der Waals surface area contributed by atoms with Gasteiger partial charge in [-0.05, 0) is 49.3 Å². The standard InChI is InChI=1S/C26H31FN4OS/c1-4-17(3)23-28-24(22-19-10-9-16(2)15-21(19)33-25(22)29-23)30-11-13-31(14-12-30)26(32)18-7-5-6-8-20(18)27/h5-8,16-17H,4,9-15H2,1-3H3/t16-,17-/m0/s1. The highest BCUT2D eigenvalue weighted by Gasteiger charge is 2.29. The molecule has 1 saturated heterocycles. The van der Waals surface area contributed by atoms with Gasteiger partial charge in [0.05, 0.1) is 10.9 Å². The summed E-state index contributed by atoms with van der Waals surface area (Å²) in [5.41, 5.74) is 1.58. The molecule has 33 heavy (non-hydrogen) atoms. The van der Waals surface area contributed by atoms with Crippen molar-refractivity contribution in [3.05, 3.63) is 51.9 Å². The maximum atomic E-state index is 14.1. The minimum Gasteiger partial charge on any atom is -0.352 e. The van der Waals surface area contributed by atoms with Gasteiger partial charge in [-0.3, -0.25) is 4.79 Å². The molecule has 2 aliphatic rings. The van der Waals surface area contributed by atoms with Crippen molar-refractivity contribution in [1.29, 1.82) is 0 Å². The maximum absolute atomic E-state index is 14.1. The fourth-order valence-corrected chi connectivity index (χ4v) is 6.28. The van der Waals surface area contributed by atoms with Crippen molar-refractivity contribution >= 4 is 33.3 Å². The third kappa shape index (κ3) is 4.12. The topological polar surface area (TPSA) is 49.3 Å². The summed E-state index contributed by atoms with van der Waals surface area (Å²) < 4.78 is 14.1. The van der Waals surface area contributed by atoms with E-state index in [9.17, 15) is 9.18 Å². The molecule has 1 aromatic carbocycles. The highest BCUT2D eigenvalue weighted by Crippen LogP contribution is 2.42. The molecule has 3 heterocycles. The molecule has 1 fully saturated rings. The summed E-state index contributed by atoms with van der Waals surface area (Å²) in [5.74, 6) is 2.26. The van der Waals surface area contributed by atoms with Crippen LogP contribution in [0, 0.1) is 11.7 Å². The molecular weight excluding hydrogens is 435 g/mol. The average Bonchev–Trinajstić information content (AvgIpc) is 3.20. The number of rotatable bonds is 4. The monoisotopic (exact) mass is 466 g/mol. The first kappa shape index (κ1) is 22.3. The molecule has 1 aliphatic heterocycles. The van der Waals surface area contributed by atoms with Crippen LogP contribution in [-0.4, -0.2) is 47.0 Å². The van der Waals surface area contributed by atoms with Crippen LogP contribution in [-0.2, 0) is 12.8 Å². The number of hydrogen-bond acceptors (Lipinski definition) is 5. The second-order valence-electron chi connectivity index (χ2n) is 9.51. The van der Waals surface area contributed by atoms with E-state index in [1.165, 1.54) is 28.3 Å². The summed E-state index contributed by atoms with van der Waals surface area (Å²) in [6.45, 7) is 9.18. The molecule has 174 valence electrons. The minimum atomic E-state index is -0.459. The first-order valence-corrected chi connectivity index (χ1v) is 12.9. The van der Waals surface area contributed by atoms with Crippen molar-refractivity contribution < 1.29 is 9.18 Å². The van der Waals surface area contributed by atoms with E-state index in [1.807, 2.05) is 11.3 Å². The van der Waals surface area contributed by atoms with Crippen LogP contribution < -0.4 is 4.90 Å². The Kier molecular flexibility index (Phi) is 6.08. The summed E-state index contributed by atoms with van der Waals surface area (Å²) in [7, 11) is 0. The first-order chi connectivity index (χ1) is 16.0. The van der Waals surface area contributed by atoms with Gasteiger partial charge in [-0.15, -0.1) is 11.3 Å². The Labute approximate surface area is 198 Å². The number of carbonyl (C=O) groups excluding carboxylic acids is 1. The van der Waals surface area contributed by atoms with Gasteiger partial charge in [0.25, 0.3) is 5.91 Å². The van der Waals surface area contributed by atoms with Crippen LogP contribution in [0.5, 0.6) is 0 Å². The largest absolute Gasteiger partial charge is 0.352 e. The Balaban J connectivity index is 1.46. The Morgan fingerprint density at radius 3 is 2.70 bits per heavy atom. The number of amides is 1. The lowest BCUT2D eigenvalue weighted by molar-refractivity contribution is 0.0742. The number of halogens is 1. The molecule has 0 unspecified atom stereocenters. The van der Waals surface area contributed by atoms with Gasteiger partial charge in [-0.1, -0.05) is 32.9 Å². The molecule has 2 atom stereocenters. The third-order valence-electron chi connectivity index (χ3n) is 7.18. The molecule has 3 aromatic rings. The summed E-state index contributed by atoms with van der Waals surface area (Å²) in [6.07, 6.45) is 4.41. The van der Waals surface area contributed by atoms with Crippen molar-refractivity contribution in [2.75, 3.05) is 31.1 Å². The van der Waals surface area contributed by atoms with E-state index < -0.39 is 5.82 Å². The average molecular weight is 467 g/mol. The lowest BCUT2D eigenvalue weighted by atomic mass is 9.89. The molecule has 1 aliphatic carbocycles. The van der Waals surface area contributed by atoms with Gasteiger partial charge in [-0.25, -0.2) is 14.4 Å². The summed E-state index contributed by atoms with van der Waals surface area (Å²) in [5, 5.41) is 1.22. The van der Waals surface area contributed by atoms with Crippen molar-refractivity contribution in [3.63, 3.8) is 0 Å². The van der Waals surface area contributed by atoms with E-state index in [-0.39, 0.29) is 11.5 Å². The number of nitrogens with zero attached hydrogens (tertiary/aromatic N) is 4. The zero-order valence-electron chi connectivity index (χ0n) is 19.6. The van der Waals surface area contributed by atoms with E-state index in [1.54, 1.807) is 23.1 Å². The van der Waals surface area contributed by atoms with E-state index in [4.69, 9.17) is 9.97 Å². The molecule has 1 amide bonds. The predicted octanol–water partition coefficient (Wildman–Crippen LogP) is 5.43. The van der Waals surface area contributed by atoms with Crippen molar-refractivity contribution in [1.82, 2.24) is 14.9 Å². The maximum Gasteiger partial charge on any atom is 0.256 e. The summed E-state index contributed by atoms with van der Waals surface area (Å²) in [4.78, 5) is 29.6. The van der Waals surface area contributed by atoms with E-state index in [0.29, 0.717) is 38.0 Å². The summed E-state index contributed by atoms with van der Waals surface area (Å²) >= 11 is 1.84. The fourth-order valence-electron chi connectivity index (χ4n) is 4.90. The molecule has 7 heteroatoms. The first-order valence-electron chi connectivity index (χ1n) is 12.1. The molecule has 0 spiro atoms. The van der Waals surface area contributed by atoms with Crippen LogP contribution in [0.15, 0.2) is 24.3 Å². The van der Waals surface area contributed by atoms with Gasteiger partial charge in [0.2, 0.25) is 0 Å². The van der Waals surface area contributed by atoms with Gasteiger partial charge in [0.15, 0.2) is 0 Å². The van der Waals surface area contributed by atoms with Crippen LogP contribution in [0.25, 0.3) is 10.2 Å². The Morgan fingerprint density at radius 2 is 1.97 bits per heavy atom. The number of anilines is 1. The number of carbonyl (C=O) groups is 1. The number of hydrogen-bond donors (Lipinski definition) is 0. The second-order valence-corrected chi connectivity index (χ2v) is 10.6. The van der Waals surface area contributed by atoms with Crippen LogP contribution in [0.1, 0.15) is 66.2 Å². The molecule has 0 saturated carbocycles. The van der Waals surface area contributed by atoms with Gasteiger partial charge >= 0.3 is 0 Å². The molecule has 2 aromatic heterocycles. The summed E-state index contributed by atoms with van der Waals surface area (Å²) in [6, 6.07) is 6.23. The SMILES string of the molecule is CC[C@H](C)c1nc(N2CCN(C(=O)c3ccccc3F)CC2)c2c3c(sc2n1)C[C@@H](C)CC3. The van der Waals surface area contributed by atoms with E-state index >= 15 is 0 Å². The lowest BCUT2D eigenvalue weighted by Gasteiger charge is -2.36. The van der Waals surface area contributed by atoms with E-state index in [0.717, 1.165) is 35.7 Å². The Morgan fingerprint density at radius 1 is 1.21 bits per heavy atom. The van der Waals surface area contributed by atoms with Gasteiger partial charge in [-0.2, -0.15) is 0 Å².